The summed E-state index contributed by atoms with van der Waals surface area (Å²) >= 11 is 0. The standard InChI is InChI=1S/C14H28NP/c1-4-12(2)10-14(11-15)7-5-6-13(3)8-9-16/h12-14H,4-7,10-11,15-16H2,1-3H3. The Bertz CT molecular complexity index is 217. The molecular weight excluding hydrogens is 213 g/mol. The summed E-state index contributed by atoms with van der Waals surface area (Å²) in [4.78, 5) is 0. The molecule has 0 saturated carbocycles. The van der Waals surface area contributed by atoms with E-state index in [0.717, 1.165) is 12.5 Å². The van der Waals surface area contributed by atoms with Crippen molar-refractivity contribution in [2.75, 3.05) is 6.54 Å². The molecule has 0 spiro atoms. The lowest BCUT2D eigenvalue weighted by Gasteiger charge is -2.18. The van der Waals surface area contributed by atoms with Gasteiger partial charge in [0.2, 0.25) is 0 Å². The molecule has 94 valence electrons. The van der Waals surface area contributed by atoms with E-state index in [-0.39, 0.29) is 0 Å². The minimum absolute atomic E-state index is 0.527. The molecule has 4 unspecified atom stereocenters. The van der Waals surface area contributed by atoms with E-state index in [1.807, 2.05) is 0 Å². The van der Waals surface area contributed by atoms with Crippen LogP contribution in [0, 0.1) is 29.3 Å². The summed E-state index contributed by atoms with van der Waals surface area (Å²) in [6.07, 6.45) is 6.29. The maximum absolute atomic E-state index is 5.82. The van der Waals surface area contributed by atoms with Gasteiger partial charge in [-0.1, -0.05) is 54.4 Å². The summed E-state index contributed by atoms with van der Waals surface area (Å²) in [5.41, 5.74) is 8.72. The van der Waals surface area contributed by atoms with Crippen LogP contribution in [0.5, 0.6) is 0 Å². The highest BCUT2D eigenvalue weighted by Gasteiger charge is 2.10. The molecule has 0 aliphatic carbocycles. The van der Waals surface area contributed by atoms with E-state index in [4.69, 9.17) is 5.73 Å². The third kappa shape index (κ3) is 8.14. The van der Waals surface area contributed by atoms with Crippen LogP contribution in [0.3, 0.4) is 0 Å². The van der Waals surface area contributed by atoms with E-state index in [1.54, 1.807) is 0 Å². The summed E-state index contributed by atoms with van der Waals surface area (Å²) in [7, 11) is 2.46. The van der Waals surface area contributed by atoms with Gasteiger partial charge in [-0.25, -0.2) is 0 Å². The van der Waals surface area contributed by atoms with E-state index >= 15 is 0 Å². The van der Waals surface area contributed by atoms with E-state index in [2.05, 4.69) is 41.6 Å². The maximum Gasteiger partial charge on any atom is 0.0177 e. The van der Waals surface area contributed by atoms with Crippen molar-refractivity contribution in [3.05, 3.63) is 0 Å². The molecular formula is C14H28NP. The van der Waals surface area contributed by atoms with Crippen LogP contribution in [-0.2, 0) is 0 Å². The van der Waals surface area contributed by atoms with Crippen molar-refractivity contribution in [3.8, 4) is 11.6 Å². The Morgan fingerprint density at radius 3 is 2.44 bits per heavy atom. The van der Waals surface area contributed by atoms with Gasteiger partial charge in [-0.3, -0.25) is 0 Å². The Balaban J connectivity index is 3.73. The SMILES string of the molecule is CCC(C)CC(CN)CCCC(C)C#CP. The second-order valence-corrected chi connectivity index (χ2v) is 5.26. The summed E-state index contributed by atoms with van der Waals surface area (Å²) in [5, 5.41) is 0. The average molecular weight is 241 g/mol. The highest BCUT2D eigenvalue weighted by molar-refractivity contribution is 7.23. The third-order valence-electron chi connectivity index (χ3n) is 3.35. The summed E-state index contributed by atoms with van der Waals surface area (Å²) in [6.45, 7) is 7.62. The van der Waals surface area contributed by atoms with Crippen LogP contribution in [0.4, 0.5) is 0 Å². The van der Waals surface area contributed by atoms with E-state index in [0.29, 0.717) is 11.8 Å². The molecule has 0 saturated heterocycles. The second-order valence-electron chi connectivity index (χ2n) is 4.97. The predicted molar refractivity (Wildman–Crippen MR) is 77.1 cm³/mol. The maximum atomic E-state index is 5.82. The molecule has 0 heterocycles. The van der Waals surface area contributed by atoms with E-state index in [9.17, 15) is 0 Å². The van der Waals surface area contributed by atoms with Gasteiger partial charge in [-0.05, 0) is 37.6 Å². The Morgan fingerprint density at radius 1 is 1.25 bits per heavy atom. The van der Waals surface area contributed by atoms with E-state index in [1.165, 1.54) is 32.1 Å². The van der Waals surface area contributed by atoms with Crippen molar-refractivity contribution in [2.24, 2.45) is 23.5 Å². The van der Waals surface area contributed by atoms with Gasteiger partial charge >= 0.3 is 0 Å². The quantitative estimate of drug-likeness (QED) is 0.509. The molecule has 0 aliphatic rings. The lowest BCUT2D eigenvalue weighted by atomic mass is 9.89. The van der Waals surface area contributed by atoms with Crippen LogP contribution in [0.25, 0.3) is 0 Å². The lowest BCUT2D eigenvalue weighted by Crippen LogP contribution is -2.17. The first-order chi connectivity index (χ1) is 7.63. The molecule has 0 aromatic rings. The molecule has 0 radical (unpaired) electrons. The van der Waals surface area contributed by atoms with Crippen LogP contribution in [0.1, 0.15) is 52.9 Å². The predicted octanol–water partition coefficient (Wildman–Crippen LogP) is 3.64. The summed E-state index contributed by atoms with van der Waals surface area (Å²) < 4.78 is 0. The number of hydrogen-bond donors (Lipinski definition) is 1. The van der Waals surface area contributed by atoms with Gasteiger partial charge in [-0.2, -0.15) is 0 Å². The van der Waals surface area contributed by atoms with Crippen molar-refractivity contribution in [2.45, 2.75) is 52.9 Å². The third-order valence-corrected chi connectivity index (χ3v) is 3.51. The Labute approximate surface area is 104 Å². The zero-order valence-corrected chi connectivity index (χ0v) is 12.3. The van der Waals surface area contributed by atoms with Crippen LogP contribution in [0.15, 0.2) is 0 Å². The first kappa shape index (κ1) is 16.0. The molecule has 16 heavy (non-hydrogen) atoms. The van der Waals surface area contributed by atoms with Crippen molar-refractivity contribution >= 4 is 9.24 Å². The van der Waals surface area contributed by atoms with Gasteiger partial charge in [0.1, 0.15) is 0 Å². The summed E-state index contributed by atoms with van der Waals surface area (Å²) in [5.74, 6) is 5.23. The largest absolute Gasteiger partial charge is 0.330 e. The molecule has 0 bridgehead atoms. The number of hydrogen-bond acceptors (Lipinski definition) is 1. The van der Waals surface area contributed by atoms with Crippen molar-refractivity contribution in [1.29, 1.82) is 0 Å². The molecule has 0 aromatic heterocycles. The smallest absolute Gasteiger partial charge is 0.0177 e. The lowest BCUT2D eigenvalue weighted by molar-refractivity contribution is 0.355. The summed E-state index contributed by atoms with van der Waals surface area (Å²) in [6, 6.07) is 0. The number of nitrogens with two attached hydrogens (primary N) is 1. The molecule has 0 fully saturated rings. The van der Waals surface area contributed by atoms with E-state index < -0.39 is 0 Å². The van der Waals surface area contributed by atoms with Gasteiger partial charge in [0.25, 0.3) is 0 Å². The normalized spacial score (nSPS) is 16.1. The zero-order valence-electron chi connectivity index (χ0n) is 11.1. The monoisotopic (exact) mass is 241 g/mol. The van der Waals surface area contributed by atoms with Gasteiger partial charge in [-0.15, -0.1) is 0 Å². The Hall–Kier alpha value is -0.0500. The molecule has 0 aliphatic heterocycles. The average Bonchev–Trinajstić information content (AvgIpc) is 2.27. The molecule has 2 N–H and O–H groups in total. The Morgan fingerprint density at radius 2 is 1.94 bits per heavy atom. The van der Waals surface area contributed by atoms with Gasteiger partial charge in [0, 0.05) is 5.92 Å². The fourth-order valence-corrected chi connectivity index (χ4v) is 2.28. The van der Waals surface area contributed by atoms with Crippen LogP contribution in [0.2, 0.25) is 0 Å². The van der Waals surface area contributed by atoms with Crippen molar-refractivity contribution < 1.29 is 0 Å². The van der Waals surface area contributed by atoms with Gasteiger partial charge in [0.15, 0.2) is 0 Å². The molecule has 0 aromatic carbocycles. The first-order valence-corrected chi connectivity index (χ1v) is 7.12. The first-order valence-electron chi connectivity index (χ1n) is 6.55. The van der Waals surface area contributed by atoms with Crippen LogP contribution >= 0.6 is 9.24 Å². The van der Waals surface area contributed by atoms with Crippen LogP contribution in [-0.4, -0.2) is 6.54 Å². The molecule has 1 nitrogen and oxygen atoms in total. The highest BCUT2D eigenvalue weighted by Crippen LogP contribution is 2.20. The minimum Gasteiger partial charge on any atom is -0.330 e. The highest BCUT2D eigenvalue weighted by atomic mass is 31.0. The van der Waals surface area contributed by atoms with Crippen molar-refractivity contribution in [3.63, 3.8) is 0 Å². The zero-order chi connectivity index (χ0) is 12.4. The van der Waals surface area contributed by atoms with Gasteiger partial charge in [0.05, 0.1) is 0 Å². The Kier molecular flexibility index (Phi) is 10.1. The fraction of sp³-hybridized carbons (Fsp3) is 0.857. The van der Waals surface area contributed by atoms with Crippen LogP contribution < -0.4 is 5.73 Å². The molecule has 0 amide bonds. The fourth-order valence-electron chi connectivity index (χ4n) is 1.99. The topological polar surface area (TPSA) is 26.0 Å². The second kappa shape index (κ2) is 10.1. The molecule has 4 atom stereocenters. The van der Waals surface area contributed by atoms with Crippen molar-refractivity contribution in [1.82, 2.24) is 0 Å². The molecule has 0 rings (SSSR count). The number of rotatable bonds is 8. The molecule has 2 heteroatoms. The van der Waals surface area contributed by atoms with Gasteiger partial charge < -0.3 is 5.73 Å². The minimum atomic E-state index is 0.527.